The summed E-state index contributed by atoms with van der Waals surface area (Å²) in [7, 11) is 1.72. The van der Waals surface area contributed by atoms with E-state index in [9.17, 15) is 9.59 Å². The van der Waals surface area contributed by atoms with Crippen molar-refractivity contribution >= 4 is 33.6 Å². The molecule has 6 heteroatoms. The summed E-state index contributed by atoms with van der Waals surface area (Å²) in [4.78, 5) is 26.1. The Bertz CT molecular complexity index is 506. The fourth-order valence-corrected chi connectivity index (χ4v) is 2.58. The maximum Gasteiger partial charge on any atom is 0.324 e. The van der Waals surface area contributed by atoms with Gasteiger partial charge < -0.3 is 10.0 Å². The first-order valence-corrected chi connectivity index (χ1v) is 6.80. The molecular weight excluding hydrogens is 312 g/mol. The second kappa shape index (κ2) is 5.61. The number of rotatable bonds is 4. The maximum atomic E-state index is 12.2. The lowest BCUT2D eigenvalue weighted by molar-refractivity contribution is -0.137. The number of hydrogen-bond donors (Lipinski definition) is 1. The van der Waals surface area contributed by atoms with Gasteiger partial charge in [-0.15, -0.1) is 0 Å². The molecule has 0 bridgehead atoms. The predicted molar refractivity (Wildman–Crippen MR) is 75.3 cm³/mol. The Morgan fingerprint density at radius 2 is 2.26 bits per heavy atom. The van der Waals surface area contributed by atoms with Crippen molar-refractivity contribution in [2.45, 2.75) is 18.9 Å². The Hall–Kier alpha value is -1.56. The number of nitrogens with zero attached hydrogens (tertiary/aromatic N) is 2. The maximum absolute atomic E-state index is 12.2. The second-order valence-electron chi connectivity index (χ2n) is 4.57. The first kappa shape index (κ1) is 13.9. The Balaban J connectivity index is 2.12. The summed E-state index contributed by atoms with van der Waals surface area (Å²) in [5, 5.41) is 8.72. The predicted octanol–water partition coefficient (Wildman–Crippen LogP) is 2.55. The summed E-state index contributed by atoms with van der Waals surface area (Å²) in [6.07, 6.45) is 0.552. The fraction of sp³-hybridized carbons (Fsp3) is 0.385. The molecule has 0 saturated carbocycles. The summed E-state index contributed by atoms with van der Waals surface area (Å²) in [6.45, 7) is 0.527. The number of halogens is 1. The van der Waals surface area contributed by atoms with Gasteiger partial charge in [0, 0.05) is 30.2 Å². The van der Waals surface area contributed by atoms with Gasteiger partial charge in [0.1, 0.15) is 0 Å². The minimum absolute atomic E-state index is 0.0532. The number of hydrogen-bond acceptors (Lipinski definition) is 2. The van der Waals surface area contributed by atoms with Crippen LogP contribution in [-0.4, -0.2) is 41.6 Å². The lowest BCUT2D eigenvalue weighted by Gasteiger charge is -2.16. The van der Waals surface area contributed by atoms with Gasteiger partial charge in [-0.1, -0.05) is 22.0 Å². The van der Waals surface area contributed by atoms with Crippen molar-refractivity contribution < 1.29 is 14.7 Å². The first-order valence-electron chi connectivity index (χ1n) is 6.00. The summed E-state index contributed by atoms with van der Waals surface area (Å²) >= 11 is 3.38. The lowest BCUT2D eigenvalue weighted by Crippen LogP contribution is -2.31. The van der Waals surface area contributed by atoms with Gasteiger partial charge in [0.2, 0.25) is 0 Å². The zero-order valence-corrected chi connectivity index (χ0v) is 12.1. The van der Waals surface area contributed by atoms with Crippen molar-refractivity contribution in [3.63, 3.8) is 0 Å². The van der Waals surface area contributed by atoms with Gasteiger partial charge in [-0.05, 0) is 24.6 Å². The number of anilines is 1. The van der Waals surface area contributed by atoms with E-state index in [4.69, 9.17) is 5.11 Å². The van der Waals surface area contributed by atoms with E-state index in [-0.39, 0.29) is 18.5 Å². The van der Waals surface area contributed by atoms with Crippen LogP contribution in [-0.2, 0) is 4.79 Å². The first-order chi connectivity index (χ1) is 8.99. The highest BCUT2D eigenvalue weighted by molar-refractivity contribution is 9.10. The van der Waals surface area contributed by atoms with E-state index in [2.05, 4.69) is 15.9 Å². The van der Waals surface area contributed by atoms with E-state index in [1.54, 1.807) is 16.8 Å². The van der Waals surface area contributed by atoms with Crippen molar-refractivity contribution in [1.29, 1.82) is 0 Å². The monoisotopic (exact) mass is 326 g/mol. The number of carbonyl (C=O) groups excluding carboxylic acids is 1. The normalized spacial score (nSPS) is 19.1. The summed E-state index contributed by atoms with van der Waals surface area (Å²) < 4.78 is 0.912. The van der Waals surface area contributed by atoms with Gasteiger partial charge in [0.15, 0.2) is 0 Å². The highest BCUT2D eigenvalue weighted by atomic mass is 79.9. The van der Waals surface area contributed by atoms with Crippen molar-refractivity contribution in [3.05, 3.63) is 28.7 Å². The molecule has 1 aromatic rings. The van der Waals surface area contributed by atoms with E-state index >= 15 is 0 Å². The topological polar surface area (TPSA) is 60.9 Å². The molecule has 1 N–H and O–H groups in total. The third-order valence-electron chi connectivity index (χ3n) is 3.28. The molecule has 19 heavy (non-hydrogen) atoms. The average Bonchev–Trinajstić information content (AvgIpc) is 2.64. The number of likely N-dealkylation sites (N-methyl/N-ethyl adjacent to an activating group) is 1. The summed E-state index contributed by atoms with van der Waals surface area (Å²) in [6, 6.07) is 7.38. The number of carbonyl (C=O) groups is 2. The molecule has 102 valence electrons. The number of carboxylic acid groups (broad SMARTS) is 1. The standard InChI is InChI=1S/C13H15BrN2O3/c1-15-11(5-6-12(17)18)8-16(13(15)19)10-4-2-3-9(14)7-10/h2-4,7,11H,5-6,8H2,1H3,(H,17,18). The third kappa shape index (κ3) is 3.07. The van der Waals surface area contributed by atoms with Gasteiger partial charge in [0.25, 0.3) is 0 Å². The zero-order chi connectivity index (χ0) is 14.0. The number of aliphatic carboxylic acids is 1. The van der Waals surface area contributed by atoms with Gasteiger partial charge in [-0.25, -0.2) is 4.79 Å². The van der Waals surface area contributed by atoms with E-state index < -0.39 is 5.97 Å². The summed E-state index contributed by atoms with van der Waals surface area (Å²) in [5.74, 6) is -0.832. The zero-order valence-electron chi connectivity index (χ0n) is 10.5. The van der Waals surface area contributed by atoms with Gasteiger partial charge in [-0.2, -0.15) is 0 Å². The molecule has 1 fully saturated rings. The SMILES string of the molecule is CN1C(=O)N(c2cccc(Br)c2)CC1CCC(=O)O. The van der Waals surface area contributed by atoms with Crippen molar-refractivity contribution in [1.82, 2.24) is 4.90 Å². The van der Waals surface area contributed by atoms with Crippen LogP contribution in [0.4, 0.5) is 10.5 Å². The molecule has 1 aliphatic rings. The molecule has 1 aliphatic heterocycles. The van der Waals surface area contributed by atoms with Crippen LogP contribution < -0.4 is 4.90 Å². The molecule has 1 aromatic carbocycles. The van der Waals surface area contributed by atoms with Gasteiger partial charge >= 0.3 is 12.0 Å². The molecule has 1 heterocycles. The fourth-order valence-electron chi connectivity index (χ4n) is 2.19. The molecule has 1 saturated heterocycles. The molecule has 1 atom stereocenters. The minimum atomic E-state index is -0.832. The van der Waals surface area contributed by atoms with E-state index in [1.807, 2.05) is 24.3 Å². The number of urea groups is 1. The Morgan fingerprint density at radius 1 is 1.53 bits per heavy atom. The van der Waals surface area contributed by atoms with E-state index in [0.29, 0.717) is 13.0 Å². The molecule has 2 rings (SSSR count). The van der Waals surface area contributed by atoms with Crippen LogP contribution in [0.2, 0.25) is 0 Å². The molecule has 5 nitrogen and oxygen atoms in total. The third-order valence-corrected chi connectivity index (χ3v) is 3.78. The van der Waals surface area contributed by atoms with Gasteiger partial charge in [0.05, 0.1) is 6.04 Å². The summed E-state index contributed by atoms with van der Waals surface area (Å²) in [5.41, 5.74) is 0.823. The minimum Gasteiger partial charge on any atom is -0.481 e. The molecule has 0 spiro atoms. The molecule has 2 amide bonds. The molecule has 0 aromatic heterocycles. The molecule has 1 unspecified atom stereocenters. The van der Waals surface area contributed by atoms with E-state index in [0.717, 1.165) is 10.2 Å². The smallest absolute Gasteiger partial charge is 0.324 e. The molecule has 0 aliphatic carbocycles. The van der Waals surface area contributed by atoms with Crippen LogP contribution in [0.3, 0.4) is 0 Å². The second-order valence-corrected chi connectivity index (χ2v) is 5.49. The highest BCUT2D eigenvalue weighted by Crippen LogP contribution is 2.26. The van der Waals surface area contributed by atoms with Crippen LogP contribution in [0.5, 0.6) is 0 Å². The number of carboxylic acids is 1. The Morgan fingerprint density at radius 3 is 2.89 bits per heavy atom. The number of benzene rings is 1. The Kier molecular flexibility index (Phi) is 4.09. The van der Waals surface area contributed by atoms with Crippen LogP contribution >= 0.6 is 15.9 Å². The van der Waals surface area contributed by atoms with Crippen LogP contribution in [0, 0.1) is 0 Å². The van der Waals surface area contributed by atoms with E-state index in [1.165, 1.54) is 0 Å². The quantitative estimate of drug-likeness (QED) is 0.924. The largest absolute Gasteiger partial charge is 0.481 e. The van der Waals surface area contributed by atoms with Crippen LogP contribution in [0.1, 0.15) is 12.8 Å². The van der Waals surface area contributed by atoms with Crippen LogP contribution in [0.15, 0.2) is 28.7 Å². The lowest BCUT2D eigenvalue weighted by atomic mass is 10.1. The van der Waals surface area contributed by atoms with Gasteiger partial charge in [-0.3, -0.25) is 9.69 Å². The molecule has 0 radical (unpaired) electrons. The van der Waals surface area contributed by atoms with Crippen molar-refractivity contribution in [2.75, 3.05) is 18.5 Å². The Labute approximate surface area is 119 Å². The average molecular weight is 327 g/mol. The number of amides is 2. The van der Waals surface area contributed by atoms with Crippen molar-refractivity contribution in [3.8, 4) is 0 Å². The van der Waals surface area contributed by atoms with Crippen LogP contribution in [0.25, 0.3) is 0 Å². The van der Waals surface area contributed by atoms with Crippen molar-refractivity contribution in [2.24, 2.45) is 0 Å². The highest BCUT2D eigenvalue weighted by Gasteiger charge is 2.35. The molecular formula is C13H15BrN2O3.